The monoisotopic (exact) mass is 605 g/mol. The number of rotatable bonds is 11. The van der Waals surface area contributed by atoms with Crippen LogP contribution in [0.1, 0.15) is 51.8 Å². The fourth-order valence-corrected chi connectivity index (χ4v) is 6.19. The summed E-state index contributed by atoms with van der Waals surface area (Å²) in [6.45, 7) is 8.99. The van der Waals surface area contributed by atoms with Gasteiger partial charge in [-0.1, -0.05) is 42.8 Å². The lowest BCUT2D eigenvalue weighted by molar-refractivity contribution is 0.0732. The number of hydrogen-bond acceptors (Lipinski definition) is 6. The van der Waals surface area contributed by atoms with Gasteiger partial charge in [0, 0.05) is 50.0 Å². The Morgan fingerprint density at radius 2 is 1.76 bits per heavy atom. The van der Waals surface area contributed by atoms with Gasteiger partial charge in [0.05, 0.1) is 36.0 Å². The lowest BCUT2D eigenvalue weighted by Crippen LogP contribution is -2.49. The van der Waals surface area contributed by atoms with Crippen LogP contribution >= 0.6 is 22.9 Å². The minimum absolute atomic E-state index is 0.0394. The van der Waals surface area contributed by atoms with Crippen molar-refractivity contribution in [3.8, 4) is 5.75 Å². The SMILES string of the molecule is CCCN(Cc1cccn1Cc1nc(C(=O)N2CCN(c3ccccc3OCC)CC2)cs1)C(=O)c1ccccc1Cl. The molecule has 1 fully saturated rings. The van der Waals surface area contributed by atoms with Crippen molar-refractivity contribution in [3.63, 3.8) is 0 Å². The maximum Gasteiger partial charge on any atom is 0.273 e. The minimum atomic E-state index is -0.0844. The van der Waals surface area contributed by atoms with Crippen LogP contribution in [0.3, 0.4) is 0 Å². The summed E-state index contributed by atoms with van der Waals surface area (Å²) in [7, 11) is 0. The van der Waals surface area contributed by atoms with Gasteiger partial charge in [0.1, 0.15) is 16.5 Å². The van der Waals surface area contributed by atoms with E-state index in [0.717, 1.165) is 41.6 Å². The van der Waals surface area contributed by atoms with Crippen molar-refractivity contribution in [1.29, 1.82) is 0 Å². The van der Waals surface area contributed by atoms with Crippen LogP contribution in [0.25, 0.3) is 0 Å². The first kappa shape index (κ1) is 29.7. The second-order valence-electron chi connectivity index (χ2n) is 10.1. The average Bonchev–Trinajstić information content (AvgIpc) is 3.67. The molecule has 0 unspecified atom stereocenters. The number of piperazine rings is 1. The molecular weight excluding hydrogens is 570 g/mol. The summed E-state index contributed by atoms with van der Waals surface area (Å²) in [4.78, 5) is 37.3. The zero-order valence-corrected chi connectivity index (χ0v) is 25.6. The van der Waals surface area contributed by atoms with Crippen molar-refractivity contribution in [3.05, 3.63) is 99.2 Å². The van der Waals surface area contributed by atoms with Crippen molar-refractivity contribution in [2.45, 2.75) is 33.4 Å². The van der Waals surface area contributed by atoms with E-state index < -0.39 is 0 Å². The molecule has 4 aromatic rings. The number of hydrogen-bond donors (Lipinski definition) is 0. The lowest BCUT2D eigenvalue weighted by atomic mass is 10.2. The Morgan fingerprint density at radius 3 is 2.52 bits per heavy atom. The zero-order valence-electron chi connectivity index (χ0n) is 24.0. The van der Waals surface area contributed by atoms with E-state index in [2.05, 4.69) is 22.5 Å². The lowest BCUT2D eigenvalue weighted by Gasteiger charge is -2.36. The van der Waals surface area contributed by atoms with Crippen LogP contribution in [0.2, 0.25) is 5.02 Å². The molecule has 1 saturated heterocycles. The Kier molecular flexibility index (Phi) is 9.81. The number of aromatic nitrogens is 2. The molecule has 8 nitrogen and oxygen atoms in total. The normalized spacial score (nSPS) is 13.3. The predicted molar refractivity (Wildman–Crippen MR) is 168 cm³/mol. The van der Waals surface area contributed by atoms with Crippen LogP contribution in [0, 0.1) is 0 Å². The molecule has 5 rings (SSSR count). The summed E-state index contributed by atoms with van der Waals surface area (Å²) in [6, 6.07) is 19.2. The van der Waals surface area contributed by atoms with E-state index in [0.29, 0.717) is 55.6 Å². The molecule has 0 saturated carbocycles. The second-order valence-corrected chi connectivity index (χ2v) is 11.5. The number of carbonyl (C=O) groups excluding carboxylic acids is 2. The molecule has 3 heterocycles. The van der Waals surface area contributed by atoms with Crippen molar-refractivity contribution in [1.82, 2.24) is 19.4 Å². The first-order chi connectivity index (χ1) is 20.5. The summed E-state index contributed by atoms with van der Waals surface area (Å²) in [5, 5.41) is 3.15. The largest absolute Gasteiger partial charge is 0.492 e. The van der Waals surface area contributed by atoms with Crippen LogP contribution in [-0.2, 0) is 13.1 Å². The van der Waals surface area contributed by atoms with E-state index in [9.17, 15) is 9.59 Å². The van der Waals surface area contributed by atoms with Gasteiger partial charge in [-0.2, -0.15) is 0 Å². The molecule has 220 valence electrons. The molecule has 2 aromatic carbocycles. The molecule has 10 heteroatoms. The maximum atomic E-state index is 13.3. The highest BCUT2D eigenvalue weighted by molar-refractivity contribution is 7.09. The fourth-order valence-electron chi connectivity index (χ4n) is 5.21. The second kappa shape index (κ2) is 13.9. The highest BCUT2D eigenvalue weighted by atomic mass is 35.5. The van der Waals surface area contributed by atoms with E-state index in [1.807, 2.05) is 70.8 Å². The van der Waals surface area contributed by atoms with Crippen molar-refractivity contribution >= 4 is 40.4 Å². The number of anilines is 1. The predicted octanol–water partition coefficient (Wildman–Crippen LogP) is 6.06. The molecule has 42 heavy (non-hydrogen) atoms. The standard InChI is InChI=1S/C32H36ClN5O3S/c1-3-15-38(31(39)25-11-5-6-12-26(25)33)21-24-10-9-16-37(24)22-30-34-27(23-42-30)32(40)36-19-17-35(18-20-36)28-13-7-8-14-29(28)41-4-2/h5-14,16,23H,3-4,15,17-22H2,1-2H3. The van der Waals surface area contributed by atoms with Gasteiger partial charge in [0.25, 0.3) is 11.8 Å². The Labute approximate surface area is 256 Å². The molecule has 2 amide bonds. The zero-order chi connectivity index (χ0) is 29.5. The summed E-state index contributed by atoms with van der Waals surface area (Å²) >= 11 is 7.81. The van der Waals surface area contributed by atoms with Crippen molar-refractivity contribution in [2.75, 3.05) is 44.2 Å². The van der Waals surface area contributed by atoms with Gasteiger partial charge < -0.3 is 24.0 Å². The van der Waals surface area contributed by atoms with E-state index >= 15 is 0 Å². The average molecular weight is 606 g/mol. The third-order valence-electron chi connectivity index (χ3n) is 7.31. The number of amides is 2. The highest BCUT2D eigenvalue weighted by Crippen LogP contribution is 2.29. The summed E-state index contributed by atoms with van der Waals surface area (Å²) < 4.78 is 7.89. The van der Waals surface area contributed by atoms with Crippen LogP contribution in [0.15, 0.2) is 72.2 Å². The summed E-state index contributed by atoms with van der Waals surface area (Å²) in [5.41, 5.74) is 3.05. The van der Waals surface area contributed by atoms with E-state index in [-0.39, 0.29) is 11.8 Å². The Bertz CT molecular complexity index is 1510. The molecule has 0 atom stereocenters. The van der Waals surface area contributed by atoms with E-state index in [4.69, 9.17) is 21.3 Å². The van der Waals surface area contributed by atoms with Crippen LogP contribution in [-0.4, -0.2) is 70.5 Å². The number of thiazole rings is 1. The quantitative estimate of drug-likeness (QED) is 0.208. The number of ether oxygens (including phenoxy) is 1. The number of halogens is 1. The molecule has 0 N–H and O–H groups in total. The Hall–Kier alpha value is -3.82. The summed E-state index contributed by atoms with van der Waals surface area (Å²) in [6.07, 6.45) is 2.82. The molecule has 0 spiro atoms. The van der Waals surface area contributed by atoms with Crippen LogP contribution in [0.4, 0.5) is 5.69 Å². The van der Waals surface area contributed by atoms with Crippen molar-refractivity contribution in [2.24, 2.45) is 0 Å². The number of carbonyl (C=O) groups is 2. The maximum absolute atomic E-state index is 13.3. The minimum Gasteiger partial charge on any atom is -0.492 e. The van der Waals surface area contributed by atoms with Gasteiger partial charge in [-0.25, -0.2) is 4.98 Å². The van der Waals surface area contributed by atoms with E-state index in [1.54, 1.807) is 12.1 Å². The first-order valence-electron chi connectivity index (χ1n) is 14.4. The van der Waals surface area contributed by atoms with E-state index in [1.165, 1.54) is 11.3 Å². The topological polar surface area (TPSA) is 70.9 Å². The van der Waals surface area contributed by atoms with Gasteiger partial charge in [0.15, 0.2) is 0 Å². The molecule has 2 aromatic heterocycles. The number of para-hydroxylation sites is 2. The van der Waals surface area contributed by atoms with Gasteiger partial charge in [-0.05, 0) is 49.7 Å². The van der Waals surface area contributed by atoms with Crippen LogP contribution in [0.5, 0.6) is 5.75 Å². The molecular formula is C32H36ClN5O3S. The first-order valence-corrected chi connectivity index (χ1v) is 15.6. The summed E-state index contributed by atoms with van der Waals surface area (Å²) in [5.74, 6) is 0.751. The van der Waals surface area contributed by atoms with Gasteiger partial charge in [0.2, 0.25) is 0 Å². The third-order valence-corrected chi connectivity index (χ3v) is 8.47. The Balaban J connectivity index is 1.21. The van der Waals surface area contributed by atoms with Gasteiger partial charge >= 0.3 is 0 Å². The Morgan fingerprint density at radius 1 is 1.00 bits per heavy atom. The molecule has 0 radical (unpaired) electrons. The molecule has 0 aliphatic carbocycles. The fraction of sp³-hybridized carbons (Fsp3) is 0.344. The third kappa shape index (κ3) is 6.79. The van der Waals surface area contributed by atoms with Crippen molar-refractivity contribution < 1.29 is 14.3 Å². The molecule has 1 aliphatic rings. The number of nitrogens with zero attached hydrogens (tertiary/aromatic N) is 5. The highest BCUT2D eigenvalue weighted by Gasteiger charge is 2.25. The molecule has 0 bridgehead atoms. The van der Waals surface area contributed by atoms with Crippen LogP contribution < -0.4 is 9.64 Å². The number of benzene rings is 2. The molecule has 1 aliphatic heterocycles. The smallest absolute Gasteiger partial charge is 0.273 e. The van der Waals surface area contributed by atoms with Gasteiger partial charge in [-0.3, -0.25) is 9.59 Å². The van der Waals surface area contributed by atoms with Gasteiger partial charge in [-0.15, -0.1) is 11.3 Å².